The van der Waals surface area contributed by atoms with Gasteiger partial charge in [0.2, 0.25) is 0 Å². The number of halogens is 1. The number of hydrogen-bond acceptors (Lipinski definition) is 16. The minimum absolute atomic E-state index is 0.105. The van der Waals surface area contributed by atoms with Gasteiger partial charge >= 0.3 is 13.4 Å². The van der Waals surface area contributed by atoms with Crippen LogP contribution in [0.3, 0.4) is 0 Å². The Morgan fingerprint density at radius 3 is 2.14 bits per heavy atom. The van der Waals surface area contributed by atoms with E-state index in [2.05, 4.69) is 29.9 Å². The van der Waals surface area contributed by atoms with E-state index in [-0.39, 0.29) is 17.0 Å². The number of nitrogens with zero attached hydrogens (tertiary/aromatic N) is 8. The van der Waals surface area contributed by atoms with Crippen molar-refractivity contribution in [2.45, 2.75) is 56.1 Å². The SMILES string of the molecule is Cc1ncnc2c1ncn2[C@@H]1O[C@@H]2COP(O)(=S)O[C@H]3[C@@H](O)[C@H](n4cnc5c(N)ncnc54)O[C@@H]3COP(O)(=S)O[C@@H]1[C@H]2F. The van der Waals surface area contributed by atoms with Crippen LogP contribution in [0.15, 0.2) is 25.3 Å². The first-order chi connectivity index (χ1) is 20.9. The fourth-order valence-corrected chi connectivity index (χ4v) is 8.14. The zero-order valence-corrected chi connectivity index (χ0v) is 25.8. The lowest BCUT2D eigenvalue weighted by atomic mass is 10.1. The van der Waals surface area contributed by atoms with E-state index in [0.717, 1.165) is 0 Å². The van der Waals surface area contributed by atoms with Gasteiger partial charge in [-0.15, -0.1) is 0 Å². The number of fused-ring (bicyclic) bond motifs is 5. The summed E-state index contributed by atoms with van der Waals surface area (Å²) in [5.74, 6) is 0.105. The molecule has 4 aromatic rings. The Morgan fingerprint density at radius 1 is 0.841 bits per heavy atom. The highest BCUT2D eigenvalue weighted by Crippen LogP contribution is 2.54. The number of aromatic nitrogens is 8. The normalized spacial score (nSPS) is 38.3. The fourth-order valence-electron chi connectivity index (χ4n) is 5.29. The lowest BCUT2D eigenvalue weighted by molar-refractivity contribution is -0.0604. The maximum atomic E-state index is 15.9. The molecule has 236 valence electrons. The fraction of sp³-hybridized carbons (Fsp3) is 0.524. The Bertz CT molecular complexity index is 1840. The van der Waals surface area contributed by atoms with Crippen molar-refractivity contribution in [2.24, 2.45) is 0 Å². The van der Waals surface area contributed by atoms with E-state index in [4.69, 9.17) is 56.9 Å². The van der Waals surface area contributed by atoms with Crippen LogP contribution >= 0.6 is 13.4 Å². The molecular weight excluding hydrogens is 667 g/mol. The van der Waals surface area contributed by atoms with E-state index in [1.807, 2.05) is 0 Å². The summed E-state index contributed by atoms with van der Waals surface area (Å²) in [7, 11) is 0. The molecule has 0 aromatic carbocycles. The monoisotopic (exact) mass is 691 g/mol. The van der Waals surface area contributed by atoms with E-state index in [9.17, 15) is 14.9 Å². The van der Waals surface area contributed by atoms with Crippen LogP contribution < -0.4 is 5.73 Å². The summed E-state index contributed by atoms with van der Waals surface area (Å²) in [5, 5.41) is 11.3. The van der Waals surface area contributed by atoms with Crippen molar-refractivity contribution in [1.82, 2.24) is 39.0 Å². The molecule has 10 atom stereocenters. The molecule has 3 aliphatic rings. The van der Waals surface area contributed by atoms with Crippen LogP contribution in [0.4, 0.5) is 10.2 Å². The first-order valence-electron chi connectivity index (χ1n) is 12.9. The second kappa shape index (κ2) is 11.2. The third-order valence-corrected chi connectivity index (χ3v) is 10.5. The van der Waals surface area contributed by atoms with Gasteiger partial charge in [-0.3, -0.25) is 18.2 Å². The first-order valence-corrected chi connectivity index (χ1v) is 18.1. The Hall–Kier alpha value is -2.23. The predicted octanol–water partition coefficient (Wildman–Crippen LogP) is 0.301. The van der Waals surface area contributed by atoms with Gasteiger partial charge in [0, 0.05) is 0 Å². The average molecular weight is 692 g/mol. The van der Waals surface area contributed by atoms with Gasteiger partial charge in [-0.1, -0.05) is 0 Å². The molecule has 0 amide bonds. The number of rotatable bonds is 2. The Morgan fingerprint density at radius 2 is 1.41 bits per heavy atom. The van der Waals surface area contributed by atoms with Crippen LogP contribution in [0.1, 0.15) is 18.1 Å². The number of hydrogen-bond donors (Lipinski definition) is 4. The Labute approximate surface area is 256 Å². The lowest BCUT2D eigenvalue weighted by Gasteiger charge is -2.28. The number of ether oxygens (including phenoxy) is 2. The maximum absolute atomic E-state index is 15.9. The van der Waals surface area contributed by atoms with E-state index in [1.165, 1.54) is 34.4 Å². The molecule has 0 saturated carbocycles. The predicted molar refractivity (Wildman–Crippen MR) is 153 cm³/mol. The summed E-state index contributed by atoms with van der Waals surface area (Å²) in [5.41, 5.74) is 7.71. The summed E-state index contributed by atoms with van der Waals surface area (Å²) >= 11 is 10.5. The van der Waals surface area contributed by atoms with Crippen LogP contribution in [-0.2, 0) is 51.2 Å². The molecule has 7 rings (SSSR count). The van der Waals surface area contributed by atoms with Gasteiger partial charge in [0.1, 0.15) is 54.2 Å². The van der Waals surface area contributed by atoms with Gasteiger partial charge in [-0.05, 0) is 30.5 Å². The van der Waals surface area contributed by atoms with Crippen LogP contribution in [-0.4, -0.2) is 104 Å². The molecule has 44 heavy (non-hydrogen) atoms. The van der Waals surface area contributed by atoms with Crippen molar-refractivity contribution in [3.05, 3.63) is 31.0 Å². The Balaban J connectivity index is 1.20. The summed E-state index contributed by atoms with van der Waals surface area (Å²) in [4.78, 5) is 46.9. The van der Waals surface area contributed by atoms with Gasteiger partial charge in [0.15, 0.2) is 35.7 Å². The molecule has 0 radical (unpaired) electrons. The largest absolute Gasteiger partial charge is 0.386 e. The molecule has 5 N–H and O–H groups in total. The number of nitrogens with two attached hydrogens (primary N) is 1. The molecule has 2 bridgehead atoms. The van der Waals surface area contributed by atoms with Crippen LogP contribution in [0.2, 0.25) is 0 Å². The molecule has 3 fully saturated rings. The van der Waals surface area contributed by atoms with E-state index in [1.54, 1.807) is 6.92 Å². The lowest BCUT2D eigenvalue weighted by Crippen LogP contribution is -2.36. The van der Waals surface area contributed by atoms with Gasteiger partial charge < -0.3 is 39.1 Å². The standard InChI is InChI=1S/C21H24FN9O9P2S2/c1-8-12-18(26-4-24-8)31(6-28-12)21-16-11(22)9(37-21)2-35-41(33,43)39-15-10(3-36-42(34,44)40-16)38-20(14(15)32)30-7-29-13-17(23)25-5-27-19(13)30/h4-7,9-11,14-16,20-21,32H,2-3H2,1H3,(H,33,43)(H,34,44)(H2,23,25,27)/t9-,10-,11+,14-,15-,16-,20-,21-,41?,42?/m1/s1. The van der Waals surface area contributed by atoms with Gasteiger partial charge in [-0.2, -0.15) is 0 Å². The summed E-state index contributed by atoms with van der Waals surface area (Å²) in [6.07, 6.45) is -6.08. The molecular formula is C21H24FN9O9P2S2. The van der Waals surface area contributed by atoms with Crippen molar-refractivity contribution < 1.29 is 46.9 Å². The molecule has 18 nitrogen and oxygen atoms in total. The first kappa shape index (κ1) is 30.4. The number of alkyl halides is 1. The molecule has 4 aromatic heterocycles. The van der Waals surface area contributed by atoms with Crippen molar-refractivity contribution in [3.63, 3.8) is 0 Å². The maximum Gasteiger partial charge on any atom is 0.325 e. The van der Waals surface area contributed by atoms with E-state index in [0.29, 0.717) is 16.9 Å². The molecule has 0 aliphatic carbocycles. The van der Waals surface area contributed by atoms with E-state index < -0.39 is 75.8 Å². The molecule has 23 heteroatoms. The topological polar surface area (TPSA) is 229 Å². The average Bonchev–Trinajstić information content (AvgIpc) is 3.73. The molecule has 3 saturated heterocycles. The van der Waals surface area contributed by atoms with Gasteiger partial charge in [-0.25, -0.2) is 34.3 Å². The molecule has 0 spiro atoms. The second-order valence-corrected chi connectivity index (χ2v) is 15.7. The quantitative estimate of drug-likeness (QED) is 0.207. The van der Waals surface area contributed by atoms with Crippen LogP contribution in [0.25, 0.3) is 22.3 Å². The number of aliphatic hydroxyl groups excluding tert-OH is 1. The molecule has 7 heterocycles. The molecule has 2 unspecified atom stereocenters. The van der Waals surface area contributed by atoms with Crippen molar-refractivity contribution in [3.8, 4) is 0 Å². The Kier molecular flexibility index (Phi) is 7.77. The van der Waals surface area contributed by atoms with Crippen LogP contribution in [0.5, 0.6) is 0 Å². The van der Waals surface area contributed by atoms with Crippen molar-refractivity contribution in [1.29, 1.82) is 0 Å². The summed E-state index contributed by atoms with van der Waals surface area (Å²) in [6.45, 7) is -7.77. The number of anilines is 1. The second-order valence-electron chi connectivity index (χ2n) is 10.1. The third kappa shape index (κ3) is 5.34. The number of nitrogen functional groups attached to an aromatic ring is 1. The highest BCUT2D eigenvalue weighted by molar-refractivity contribution is 8.07. The number of aliphatic hydroxyl groups is 1. The van der Waals surface area contributed by atoms with Gasteiger partial charge in [0.05, 0.1) is 31.6 Å². The van der Waals surface area contributed by atoms with E-state index >= 15 is 4.39 Å². The highest BCUT2D eigenvalue weighted by atomic mass is 32.5. The zero-order chi connectivity index (χ0) is 31.0. The summed E-state index contributed by atoms with van der Waals surface area (Å²) in [6, 6.07) is 0. The smallest absolute Gasteiger partial charge is 0.325 e. The summed E-state index contributed by atoms with van der Waals surface area (Å²) < 4.78 is 53.1. The van der Waals surface area contributed by atoms with Crippen molar-refractivity contribution in [2.75, 3.05) is 18.9 Å². The highest BCUT2D eigenvalue weighted by Gasteiger charge is 2.53. The van der Waals surface area contributed by atoms with Gasteiger partial charge in [0.25, 0.3) is 0 Å². The molecule has 3 aliphatic heterocycles. The van der Waals surface area contributed by atoms with Crippen molar-refractivity contribution >= 4 is 65.2 Å². The number of aryl methyl sites for hydroxylation is 1. The minimum Gasteiger partial charge on any atom is -0.386 e. The number of imidazole rings is 2. The van der Waals surface area contributed by atoms with Crippen LogP contribution in [0, 0.1) is 6.92 Å². The third-order valence-electron chi connectivity index (χ3n) is 7.36. The zero-order valence-electron chi connectivity index (χ0n) is 22.4. The minimum atomic E-state index is -4.22.